The summed E-state index contributed by atoms with van der Waals surface area (Å²) in [7, 11) is -4.08. The minimum atomic E-state index is -4.08. The summed E-state index contributed by atoms with van der Waals surface area (Å²) in [6.45, 7) is 0. The molecule has 1 heterocycles. The van der Waals surface area contributed by atoms with Gasteiger partial charge in [-0.15, -0.1) is 0 Å². The zero-order valence-electron chi connectivity index (χ0n) is 8.38. The lowest BCUT2D eigenvalue weighted by Gasteiger charge is -2.14. The molecule has 7 heteroatoms. The summed E-state index contributed by atoms with van der Waals surface area (Å²) in [5.41, 5.74) is 0. The molecule has 1 saturated carbocycles. The summed E-state index contributed by atoms with van der Waals surface area (Å²) in [6.07, 6.45) is 3.68. The van der Waals surface area contributed by atoms with Crippen molar-refractivity contribution in [3.8, 4) is 0 Å². The molecule has 0 spiro atoms. The second-order valence-corrected chi connectivity index (χ2v) is 5.49. The van der Waals surface area contributed by atoms with Crippen molar-refractivity contribution in [2.75, 3.05) is 0 Å². The van der Waals surface area contributed by atoms with Gasteiger partial charge in [0.1, 0.15) is 5.82 Å². The lowest BCUT2D eigenvalue weighted by Crippen LogP contribution is -2.24. The van der Waals surface area contributed by atoms with E-state index in [1.807, 2.05) is 0 Å². The van der Waals surface area contributed by atoms with E-state index in [1.165, 1.54) is 0 Å². The Balaban J connectivity index is 2.30. The summed E-state index contributed by atoms with van der Waals surface area (Å²) in [5, 5.41) is -0.863. The van der Waals surface area contributed by atoms with Crippen molar-refractivity contribution in [1.82, 2.24) is 9.97 Å². The van der Waals surface area contributed by atoms with E-state index in [0.717, 1.165) is 12.4 Å². The van der Waals surface area contributed by atoms with Crippen molar-refractivity contribution < 1.29 is 17.4 Å². The molecule has 1 aromatic rings. The smallest absolute Gasteiger partial charge is 0.268 e. The van der Waals surface area contributed by atoms with Crippen LogP contribution in [-0.4, -0.2) is 28.2 Å². The zero-order valence-corrected chi connectivity index (χ0v) is 9.19. The molecule has 1 aliphatic carbocycles. The van der Waals surface area contributed by atoms with Crippen LogP contribution < -0.4 is 0 Å². The van der Waals surface area contributed by atoms with Gasteiger partial charge in [-0.05, 0) is 12.8 Å². The van der Waals surface area contributed by atoms with Crippen molar-refractivity contribution in [3.05, 3.63) is 24.0 Å². The van der Waals surface area contributed by atoms with Crippen LogP contribution in [0, 0.1) is 5.82 Å². The van der Waals surface area contributed by atoms with Crippen molar-refractivity contribution in [2.24, 2.45) is 0 Å². The molecule has 2 atom stereocenters. The highest BCUT2D eigenvalue weighted by molar-refractivity contribution is 7.86. The molecule has 0 bridgehead atoms. The van der Waals surface area contributed by atoms with Gasteiger partial charge in [0.25, 0.3) is 10.1 Å². The van der Waals surface area contributed by atoms with Gasteiger partial charge in [-0.2, -0.15) is 8.42 Å². The summed E-state index contributed by atoms with van der Waals surface area (Å²) in [5.74, 6) is -0.720. The van der Waals surface area contributed by atoms with Crippen molar-refractivity contribution in [1.29, 1.82) is 0 Å². The van der Waals surface area contributed by atoms with Crippen LogP contribution in [0.15, 0.2) is 12.4 Å². The first-order valence-electron chi connectivity index (χ1n) is 4.92. The first-order chi connectivity index (χ1) is 7.48. The highest BCUT2D eigenvalue weighted by Crippen LogP contribution is 2.36. The minimum absolute atomic E-state index is 0.279. The number of aromatic nitrogens is 2. The van der Waals surface area contributed by atoms with E-state index in [1.54, 1.807) is 0 Å². The predicted molar refractivity (Wildman–Crippen MR) is 53.9 cm³/mol. The van der Waals surface area contributed by atoms with Gasteiger partial charge < -0.3 is 0 Å². The maximum atomic E-state index is 12.6. The highest BCUT2D eigenvalue weighted by atomic mass is 32.2. The maximum Gasteiger partial charge on any atom is 0.268 e. The molecule has 16 heavy (non-hydrogen) atoms. The molecule has 88 valence electrons. The molecule has 1 aliphatic rings. The van der Waals surface area contributed by atoms with E-state index >= 15 is 0 Å². The number of halogens is 1. The molecule has 2 rings (SSSR count). The van der Waals surface area contributed by atoms with Crippen LogP contribution in [0.3, 0.4) is 0 Å². The lowest BCUT2D eigenvalue weighted by atomic mass is 10.1. The first kappa shape index (κ1) is 11.4. The third-order valence-corrected chi connectivity index (χ3v) is 4.14. The molecule has 0 saturated heterocycles. The zero-order chi connectivity index (χ0) is 11.8. The minimum Gasteiger partial charge on any atom is -0.285 e. The normalized spacial score (nSPS) is 25.9. The molecule has 5 nitrogen and oxygen atoms in total. The standard InChI is InChI=1S/C9H11FN2O3S/c10-6-4-11-9(12-5-6)7-2-1-3-8(7)16(13,14)15/h4-5,7-8H,1-3H2,(H,13,14,15)/t7-,8-/m0/s1. The Morgan fingerprint density at radius 2 is 1.94 bits per heavy atom. The largest absolute Gasteiger partial charge is 0.285 e. The van der Waals surface area contributed by atoms with Crippen LogP contribution in [0.2, 0.25) is 0 Å². The molecule has 0 aromatic carbocycles. The molecular formula is C9H11FN2O3S. The molecule has 0 amide bonds. The van der Waals surface area contributed by atoms with Crippen LogP contribution >= 0.6 is 0 Å². The van der Waals surface area contributed by atoms with E-state index in [9.17, 15) is 12.8 Å². The number of hydrogen-bond acceptors (Lipinski definition) is 4. The molecule has 1 N–H and O–H groups in total. The van der Waals surface area contributed by atoms with Crippen LogP contribution in [0.25, 0.3) is 0 Å². The third-order valence-electron chi connectivity index (χ3n) is 2.81. The molecule has 1 aromatic heterocycles. The van der Waals surface area contributed by atoms with Gasteiger partial charge in [0.05, 0.1) is 17.6 Å². The van der Waals surface area contributed by atoms with E-state index in [2.05, 4.69) is 9.97 Å². The van der Waals surface area contributed by atoms with Gasteiger partial charge in [0.15, 0.2) is 5.82 Å². The number of hydrogen-bond donors (Lipinski definition) is 1. The quantitative estimate of drug-likeness (QED) is 0.791. The SMILES string of the molecule is O=S(=O)(O)[C@H]1CCC[C@@H]1c1ncc(F)cn1. The predicted octanol–water partition coefficient (Wildman–Crippen LogP) is 1.14. The summed E-state index contributed by atoms with van der Waals surface area (Å²) in [4.78, 5) is 7.52. The van der Waals surface area contributed by atoms with Gasteiger partial charge >= 0.3 is 0 Å². The van der Waals surface area contributed by atoms with Crippen LogP contribution in [0.5, 0.6) is 0 Å². The van der Waals surface area contributed by atoms with E-state index in [0.29, 0.717) is 19.3 Å². The van der Waals surface area contributed by atoms with E-state index in [-0.39, 0.29) is 5.82 Å². The van der Waals surface area contributed by atoms with Gasteiger partial charge in [0.2, 0.25) is 0 Å². The van der Waals surface area contributed by atoms with E-state index < -0.39 is 27.1 Å². The monoisotopic (exact) mass is 246 g/mol. The van der Waals surface area contributed by atoms with Gasteiger partial charge in [-0.1, -0.05) is 6.42 Å². The Kier molecular flexibility index (Phi) is 2.90. The topological polar surface area (TPSA) is 80.2 Å². The Labute approximate surface area is 92.5 Å². The number of nitrogens with zero attached hydrogens (tertiary/aromatic N) is 2. The van der Waals surface area contributed by atoms with Gasteiger partial charge in [-0.25, -0.2) is 14.4 Å². The van der Waals surface area contributed by atoms with Crippen LogP contribution in [0.1, 0.15) is 31.0 Å². The molecule has 0 aliphatic heterocycles. The molecular weight excluding hydrogens is 235 g/mol. The Morgan fingerprint density at radius 3 is 2.50 bits per heavy atom. The highest BCUT2D eigenvalue weighted by Gasteiger charge is 2.38. The molecule has 1 fully saturated rings. The van der Waals surface area contributed by atoms with Crippen molar-refractivity contribution in [2.45, 2.75) is 30.4 Å². The molecule has 0 unspecified atom stereocenters. The third kappa shape index (κ3) is 2.19. The van der Waals surface area contributed by atoms with Crippen molar-refractivity contribution in [3.63, 3.8) is 0 Å². The Bertz CT molecular complexity index is 474. The fourth-order valence-electron chi connectivity index (χ4n) is 2.09. The number of rotatable bonds is 2. The maximum absolute atomic E-state index is 12.6. The summed E-state index contributed by atoms with van der Waals surface area (Å²) >= 11 is 0. The summed E-state index contributed by atoms with van der Waals surface area (Å²) in [6, 6.07) is 0. The van der Waals surface area contributed by atoms with Gasteiger partial charge in [0, 0.05) is 5.92 Å². The first-order valence-corrected chi connectivity index (χ1v) is 6.42. The molecule has 0 radical (unpaired) electrons. The lowest BCUT2D eigenvalue weighted by molar-refractivity contribution is 0.458. The second-order valence-electron chi connectivity index (χ2n) is 3.85. The van der Waals surface area contributed by atoms with Gasteiger partial charge in [-0.3, -0.25) is 4.55 Å². The van der Waals surface area contributed by atoms with Crippen molar-refractivity contribution >= 4 is 10.1 Å². The Hall–Kier alpha value is -1.08. The van der Waals surface area contributed by atoms with Crippen LogP contribution in [-0.2, 0) is 10.1 Å². The van der Waals surface area contributed by atoms with Crippen LogP contribution in [0.4, 0.5) is 4.39 Å². The van der Waals surface area contributed by atoms with E-state index in [4.69, 9.17) is 4.55 Å². The fourth-order valence-corrected chi connectivity index (χ4v) is 3.23. The second kappa shape index (κ2) is 4.06. The fraction of sp³-hybridized carbons (Fsp3) is 0.556. The summed E-state index contributed by atoms with van der Waals surface area (Å²) < 4.78 is 43.9. The Morgan fingerprint density at radius 1 is 1.31 bits per heavy atom. The average molecular weight is 246 g/mol. The average Bonchev–Trinajstić information content (AvgIpc) is 2.66.